The van der Waals surface area contributed by atoms with Crippen LogP contribution < -0.4 is 10.6 Å². The van der Waals surface area contributed by atoms with E-state index in [1.54, 1.807) is 0 Å². The number of hydrogen-bond donors (Lipinski definition) is 9. The zero-order valence-electron chi connectivity index (χ0n) is 33.4. The van der Waals surface area contributed by atoms with Gasteiger partial charge in [0.05, 0.1) is 26.2 Å². The molecule has 2 unspecified atom stereocenters. The fourth-order valence-electron chi connectivity index (χ4n) is 7.13. The molecular formula is C39H54GdN5O15P+3. The van der Waals surface area contributed by atoms with E-state index in [4.69, 9.17) is 0 Å². The van der Waals surface area contributed by atoms with Crippen molar-refractivity contribution in [2.45, 2.75) is 56.8 Å². The summed E-state index contributed by atoms with van der Waals surface area (Å²) in [6.45, 7) is -3.91. The summed E-state index contributed by atoms with van der Waals surface area (Å²) < 4.78 is 12.8. The molecule has 2 aromatic carbocycles. The van der Waals surface area contributed by atoms with Crippen molar-refractivity contribution in [1.82, 2.24) is 25.3 Å². The Balaban J connectivity index is 0.0000128. The normalized spacial score (nSPS) is 16.3. The first-order chi connectivity index (χ1) is 28.3. The second-order valence-corrected chi connectivity index (χ2v) is 16.6. The fraction of sp³-hybridized carbons (Fsp3) is 0.513. The topological polar surface area (TPSA) is 312 Å². The third-order valence-electron chi connectivity index (χ3n) is 10.2. The number of benzene rings is 2. The molecule has 0 aliphatic heterocycles. The molecule has 0 heterocycles. The van der Waals surface area contributed by atoms with Crippen LogP contribution in [0.1, 0.15) is 44.1 Å². The van der Waals surface area contributed by atoms with Crippen molar-refractivity contribution < 1.29 is 113 Å². The average Bonchev–Trinajstić information content (AvgIpc) is 3.16. The molecule has 335 valence electrons. The molecule has 2 atom stereocenters. The summed E-state index contributed by atoms with van der Waals surface area (Å²) in [7, 11) is -5.06. The average molecular weight is 1020 g/mol. The van der Waals surface area contributed by atoms with Crippen LogP contribution in [0.4, 0.5) is 0 Å². The summed E-state index contributed by atoms with van der Waals surface area (Å²) in [6.07, 6.45) is 1.28. The zero-order chi connectivity index (χ0) is 44.4. The van der Waals surface area contributed by atoms with Gasteiger partial charge in [0.2, 0.25) is 11.8 Å². The maximum Gasteiger partial charge on any atom is 3.00 e. The van der Waals surface area contributed by atoms with Gasteiger partial charge in [0.15, 0.2) is 0 Å². The molecular weight excluding hydrogens is 967 g/mol. The fourth-order valence-corrected chi connectivity index (χ4v) is 8.25. The van der Waals surface area contributed by atoms with Crippen molar-refractivity contribution in [3.63, 3.8) is 0 Å². The molecule has 0 aromatic heterocycles. The largest absolute Gasteiger partial charge is 3.00 e. The Bertz CT molecular complexity index is 1750. The van der Waals surface area contributed by atoms with E-state index in [1.807, 2.05) is 54.6 Å². The molecule has 1 fully saturated rings. The van der Waals surface area contributed by atoms with Crippen molar-refractivity contribution in [2.24, 2.45) is 11.8 Å². The van der Waals surface area contributed by atoms with E-state index < -0.39 is 93.7 Å². The summed E-state index contributed by atoms with van der Waals surface area (Å²) in [5.41, 5.74) is 2.74. The summed E-state index contributed by atoms with van der Waals surface area (Å²) >= 11 is 0. The van der Waals surface area contributed by atoms with E-state index in [0.717, 1.165) is 26.5 Å². The number of carboxylic acid groups (broad SMARTS) is 5. The van der Waals surface area contributed by atoms with Crippen molar-refractivity contribution in [3.05, 3.63) is 60.2 Å². The van der Waals surface area contributed by atoms with Crippen LogP contribution in [0.15, 0.2) is 54.6 Å². The number of carbonyl (C=O) groups excluding carboxylic acids is 2. The minimum absolute atomic E-state index is 0. The molecule has 1 saturated carbocycles. The Labute approximate surface area is 384 Å². The summed E-state index contributed by atoms with van der Waals surface area (Å²) in [5.74, 6) is -9.65. The van der Waals surface area contributed by atoms with Gasteiger partial charge in [-0.3, -0.25) is 48.0 Å². The molecule has 61 heavy (non-hydrogen) atoms. The van der Waals surface area contributed by atoms with Gasteiger partial charge in [0, 0.05) is 51.5 Å². The van der Waals surface area contributed by atoms with Gasteiger partial charge in [0.1, 0.15) is 11.8 Å². The predicted molar refractivity (Wildman–Crippen MR) is 214 cm³/mol. The van der Waals surface area contributed by atoms with Crippen molar-refractivity contribution in [1.29, 1.82) is 0 Å². The first-order valence-corrected chi connectivity index (χ1v) is 21.0. The van der Waals surface area contributed by atoms with Crippen LogP contribution in [-0.4, -0.2) is 162 Å². The van der Waals surface area contributed by atoms with Gasteiger partial charge in [-0.15, -0.1) is 0 Å². The first kappa shape index (κ1) is 53.2. The Hall–Kier alpha value is -3.92. The third-order valence-corrected chi connectivity index (χ3v) is 11.6. The summed E-state index contributed by atoms with van der Waals surface area (Å²) in [4.78, 5) is 107. The van der Waals surface area contributed by atoms with Gasteiger partial charge < -0.3 is 46.0 Å². The monoisotopic (exact) mass is 1020 g/mol. The number of carbonyl (C=O) groups is 7. The maximum absolute atomic E-state index is 13.1. The van der Waals surface area contributed by atoms with Gasteiger partial charge in [-0.25, -0.2) is 4.79 Å². The molecule has 2 aromatic rings. The van der Waals surface area contributed by atoms with Crippen LogP contribution in [0, 0.1) is 51.8 Å². The molecule has 1 aliphatic rings. The van der Waals surface area contributed by atoms with E-state index in [9.17, 15) is 73.4 Å². The molecule has 3 rings (SSSR count). The standard InChI is InChI=1S/C39H54N5O15P.Gd/c45-32(14-15-33(60(57,58)59)44(18-16-42(22-34(46)47)23-35(48)49)19-17-43(24-36(50)51)25-37(52)53)40-21-27-8-12-30(13-9-27)38(54)41-31(39(55)56)20-26-6-10-29(11-7-26)28-4-2-1-3-5-28;/h1-7,10-11,27,30-31,33H,8-9,12-25H2,(H,40,45)(H,41,54)(H,46,47)(H,48,49)(H,50,51)(H,52,53)(H,55,56)(H2,57,58,59);/q;+3. The van der Waals surface area contributed by atoms with Gasteiger partial charge in [-0.2, -0.15) is 0 Å². The molecule has 1 radical (unpaired) electrons. The van der Waals surface area contributed by atoms with Crippen LogP contribution in [0.25, 0.3) is 11.1 Å². The Morgan fingerprint density at radius 2 is 1.15 bits per heavy atom. The van der Waals surface area contributed by atoms with Crippen LogP contribution in [-0.2, 0) is 44.5 Å². The number of nitrogens with zero attached hydrogens (tertiary/aromatic N) is 3. The minimum Gasteiger partial charge on any atom is -0.480 e. The number of hydrogen-bond acceptors (Lipinski definition) is 11. The van der Waals surface area contributed by atoms with Crippen molar-refractivity contribution in [2.75, 3.05) is 58.9 Å². The SMILES string of the molecule is O=C(O)CN(CCN(CCN(CC(=O)O)CC(=O)O)C(CCC(=O)NCC1CCC(C(=O)NC(Cc2ccc(-c3ccccc3)cc2)C(=O)O)CC1)P(=O)(O)O)CC(=O)O.[Gd+3]. The number of amides is 2. The van der Waals surface area contributed by atoms with Crippen LogP contribution >= 0.6 is 7.60 Å². The van der Waals surface area contributed by atoms with Crippen molar-refractivity contribution in [3.8, 4) is 11.1 Å². The van der Waals surface area contributed by atoms with Gasteiger partial charge in [-0.05, 0) is 54.7 Å². The minimum atomic E-state index is -5.06. The maximum atomic E-state index is 13.1. The molecule has 2 amide bonds. The smallest absolute Gasteiger partial charge is 0.480 e. The summed E-state index contributed by atoms with van der Waals surface area (Å²) in [5, 5.41) is 52.2. The van der Waals surface area contributed by atoms with E-state index in [1.165, 1.54) is 4.90 Å². The zero-order valence-corrected chi connectivity index (χ0v) is 36.5. The Morgan fingerprint density at radius 3 is 1.59 bits per heavy atom. The molecule has 1 aliphatic carbocycles. The van der Waals surface area contributed by atoms with E-state index in [0.29, 0.717) is 25.7 Å². The van der Waals surface area contributed by atoms with E-state index in [-0.39, 0.29) is 97.3 Å². The summed E-state index contributed by atoms with van der Waals surface area (Å²) in [6, 6.07) is 16.0. The van der Waals surface area contributed by atoms with Gasteiger partial charge in [0.25, 0.3) is 0 Å². The van der Waals surface area contributed by atoms with E-state index >= 15 is 0 Å². The van der Waals surface area contributed by atoms with Gasteiger partial charge >= 0.3 is 77.4 Å². The van der Waals surface area contributed by atoms with Crippen LogP contribution in [0.2, 0.25) is 0 Å². The first-order valence-electron chi connectivity index (χ1n) is 19.4. The second-order valence-electron chi connectivity index (χ2n) is 14.8. The number of nitrogens with one attached hydrogen (secondary N) is 2. The molecule has 9 N–H and O–H groups in total. The molecule has 0 bridgehead atoms. The third kappa shape index (κ3) is 20.2. The molecule has 22 heteroatoms. The Morgan fingerprint density at radius 1 is 0.672 bits per heavy atom. The predicted octanol–water partition coefficient (Wildman–Crippen LogP) is 0.917. The van der Waals surface area contributed by atoms with Gasteiger partial charge in [-0.1, -0.05) is 54.6 Å². The van der Waals surface area contributed by atoms with Crippen LogP contribution in [0.3, 0.4) is 0 Å². The Kier molecular flexibility index (Phi) is 23.2. The number of carboxylic acids is 5. The van der Waals surface area contributed by atoms with E-state index in [2.05, 4.69) is 10.6 Å². The molecule has 0 spiro atoms. The quantitative estimate of drug-likeness (QED) is 0.0562. The molecule has 20 nitrogen and oxygen atoms in total. The van der Waals surface area contributed by atoms with Crippen molar-refractivity contribution >= 4 is 49.3 Å². The molecule has 0 saturated heterocycles. The number of aliphatic carboxylic acids is 5. The van der Waals surface area contributed by atoms with Crippen LogP contribution in [0.5, 0.6) is 0 Å². The number of rotatable bonds is 27. The second kappa shape index (κ2) is 26.5.